The number of pyridine rings is 1. The van der Waals surface area contributed by atoms with Crippen molar-refractivity contribution in [3.8, 4) is 0 Å². The summed E-state index contributed by atoms with van der Waals surface area (Å²) in [6.07, 6.45) is 9.98. The Morgan fingerprint density at radius 1 is 1.24 bits per heavy atom. The van der Waals surface area contributed by atoms with Gasteiger partial charge in [0.1, 0.15) is 6.26 Å². The van der Waals surface area contributed by atoms with E-state index in [-0.39, 0.29) is 16.8 Å². The van der Waals surface area contributed by atoms with Crippen LogP contribution in [0.25, 0.3) is 11.0 Å². The summed E-state index contributed by atoms with van der Waals surface area (Å²) in [5, 5.41) is 1.11. The van der Waals surface area contributed by atoms with Gasteiger partial charge in [0.25, 0.3) is 5.56 Å². The fraction of sp³-hybridized carbons (Fsp3) is 0.533. The largest absolute Gasteiger partial charge is 0.609 e. The third-order valence-corrected chi connectivity index (χ3v) is 4.80. The summed E-state index contributed by atoms with van der Waals surface area (Å²) in [6.45, 7) is 0. The molecule has 112 valence electrons. The van der Waals surface area contributed by atoms with E-state index in [0.717, 1.165) is 31.1 Å². The Bertz CT molecular complexity index is 691. The molecule has 0 spiro atoms. The zero-order valence-electron chi connectivity index (χ0n) is 12.1. The lowest BCUT2D eigenvalue weighted by Crippen LogP contribution is -2.25. The van der Waals surface area contributed by atoms with Crippen molar-refractivity contribution in [3.05, 3.63) is 28.7 Å². The van der Waals surface area contributed by atoms with Gasteiger partial charge in [0, 0.05) is 34.9 Å². The van der Waals surface area contributed by atoms with Gasteiger partial charge in [0.15, 0.2) is 5.65 Å². The molecule has 0 saturated heterocycles. The number of hydrogen-bond donors (Lipinski definition) is 0. The fourth-order valence-electron chi connectivity index (χ4n) is 3.03. The van der Waals surface area contributed by atoms with Crippen LogP contribution in [0.4, 0.5) is 0 Å². The SMILES string of the molecule is C[S+]([O-])c1ncc2ccc(=O)n(C3CCCCCC3)c2n1. The third-order valence-electron chi connectivity index (χ3n) is 4.09. The first-order chi connectivity index (χ1) is 10.2. The maximum atomic E-state index is 12.4. The fourth-order valence-corrected chi connectivity index (χ4v) is 3.45. The lowest BCUT2D eigenvalue weighted by Gasteiger charge is -2.19. The van der Waals surface area contributed by atoms with Gasteiger partial charge in [0.2, 0.25) is 0 Å². The first-order valence-corrected chi connectivity index (χ1v) is 8.94. The summed E-state index contributed by atoms with van der Waals surface area (Å²) in [7, 11) is 0. The molecule has 0 N–H and O–H groups in total. The van der Waals surface area contributed by atoms with E-state index in [1.54, 1.807) is 29.2 Å². The lowest BCUT2D eigenvalue weighted by molar-refractivity contribution is 0.441. The predicted molar refractivity (Wildman–Crippen MR) is 82.9 cm³/mol. The van der Waals surface area contributed by atoms with Crippen molar-refractivity contribution in [2.24, 2.45) is 0 Å². The summed E-state index contributed by atoms with van der Waals surface area (Å²) in [4.78, 5) is 20.9. The second-order valence-corrected chi connectivity index (χ2v) is 6.85. The van der Waals surface area contributed by atoms with Gasteiger partial charge in [0.05, 0.1) is 0 Å². The number of hydrogen-bond acceptors (Lipinski definition) is 4. The molecular weight excluding hydrogens is 286 g/mol. The Morgan fingerprint density at radius 2 is 1.95 bits per heavy atom. The highest BCUT2D eigenvalue weighted by atomic mass is 32.2. The molecule has 1 aliphatic rings. The topological polar surface area (TPSA) is 70.8 Å². The molecule has 21 heavy (non-hydrogen) atoms. The summed E-state index contributed by atoms with van der Waals surface area (Å²) < 4.78 is 13.4. The summed E-state index contributed by atoms with van der Waals surface area (Å²) in [5.41, 5.74) is 0.593. The van der Waals surface area contributed by atoms with E-state index in [0.29, 0.717) is 5.65 Å². The highest BCUT2D eigenvalue weighted by Gasteiger charge is 2.19. The van der Waals surface area contributed by atoms with Gasteiger partial charge in [-0.1, -0.05) is 25.7 Å². The first kappa shape index (κ1) is 14.5. The van der Waals surface area contributed by atoms with Crippen LogP contribution >= 0.6 is 0 Å². The van der Waals surface area contributed by atoms with E-state index in [2.05, 4.69) is 9.97 Å². The van der Waals surface area contributed by atoms with E-state index in [1.807, 2.05) is 0 Å². The Labute approximate surface area is 126 Å². The molecule has 0 radical (unpaired) electrons. The molecule has 2 aromatic rings. The van der Waals surface area contributed by atoms with Crippen molar-refractivity contribution in [1.82, 2.24) is 14.5 Å². The number of fused-ring (bicyclic) bond motifs is 1. The molecule has 1 saturated carbocycles. The van der Waals surface area contributed by atoms with Crippen molar-refractivity contribution < 1.29 is 4.55 Å². The monoisotopic (exact) mass is 305 g/mol. The van der Waals surface area contributed by atoms with Crippen LogP contribution in [0.1, 0.15) is 44.6 Å². The predicted octanol–water partition coefficient (Wildman–Crippen LogP) is 2.42. The molecule has 1 atom stereocenters. The van der Waals surface area contributed by atoms with Gasteiger partial charge in [-0.3, -0.25) is 9.36 Å². The van der Waals surface area contributed by atoms with Crippen LogP contribution in [-0.2, 0) is 11.2 Å². The second kappa shape index (κ2) is 6.15. The molecule has 0 amide bonds. The molecule has 0 bridgehead atoms. The second-order valence-electron chi connectivity index (χ2n) is 5.57. The molecule has 1 fully saturated rings. The molecular formula is C15H19N3O2S. The molecule has 3 rings (SSSR count). The molecule has 2 heterocycles. The van der Waals surface area contributed by atoms with Crippen LogP contribution in [-0.4, -0.2) is 25.3 Å². The molecule has 1 unspecified atom stereocenters. The minimum Gasteiger partial charge on any atom is -0.609 e. The van der Waals surface area contributed by atoms with E-state index in [9.17, 15) is 9.35 Å². The van der Waals surface area contributed by atoms with Crippen molar-refractivity contribution >= 4 is 22.2 Å². The van der Waals surface area contributed by atoms with Gasteiger partial charge >= 0.3 is 5.16 Å². The summed E-state index contributed by atoms with van der Waals surface area (Å²) in [6, 6.07) is 3.52. The van der Waals surface area contributed by atoms with Gasteiger partial charge in [-0.05, 0) is 18.9 Å². The van der Waals surface area contributed by atoms with E-state index >= 15 is 0 Å². The molecule has 5 nitrogen and oxygen atoms in total. The van der Waals surface area contributed by atoms with Crippen LogP contribution in [0, 0.1) is 0 Å². The summed E-state index contributed by atoms with van der Waals surface area (Å²) in [5.74, 6) is 0. The van der Waals surface area contributed by atoms with Crippen LogP contribution in [0.2, 0.25) is 0 Å². The van der Waals surface area contributed by atoms with Crippen LogP contribution in [0.15, 0.2) is 28.3 Å². The average molecular weight is 305 g/mol. The van der Waals surface area contributed by atoms with Gasteiger partial charge < -0.3 is 4.55 Å². The minimum absolute atomic E-state index is 0.0269. The van der Waals surface area contributed by atoms with E-state index in [1.165, 1.54) is 12.8 Å². The Morgan fingerprint density at radius 3 is 2.62 bits per heavy atom. The van der Waals surface area contributed by atoms with Gasteiger partial charge in [-0.25, -0.2) is 0 Å². The van der Waals surface area contributed by atoms with Gasteiger partial charge in [-0.15, -0.1) is 0 Å². The van der Waals surface area contributed by atoms with Gasteiger partial charge in [-0.2, -0.15) is 9.97 Å². The van der Waals surface area contributed by atoms with Crippen LogP contribution < -0.4 is 5.56 Å². The van der Waals surface area contributed by atoms with Crippen molar-refractivity contribution in [2.75, 3.05) is 6.26 Å². The smallest absolute Gasteiger partial charge is 0.344 e. The highest BCUT2D eigenvalue weighted by molar-refractivity contribution is 7.90. The number of aromatic nitrogens is 3. The third kappa shape index (κ3) is 2.96. The highest BCUT2D eigenvalue weighted by Crippen LogP contribution is 2.28. The average Bonchev–Trinajstić information content (AvgIpc) is 2.75. The maximum absolute atomic E-state index is 12.4. The number of rotatable bonds is 2. The van der Waals surface area contributed by atoms with Crippen LogP contribution in [0.3, 0.4) is 0 Å². The normalized spacial score (nSPS) is 18.6. The molecule has 0 aliphatic heterocycles. The zero-order chi connectivity index (χ0) is 14.8. The van der Waals surface area contributed by atoms with Crippen molar-refractivity contribution in [3.63, 3.8) is 0 Å². The quantitative estimate of drug-likeness (QED) is 0.485. The van der Waals surface area contributed by atoms with E-state index < -0.39 is 11.2 Å². The summed E-state index contributed by atoms with van der Waals surface area (Å²) >= 11 is -1.25. The van der Waals surface area contributed by atoms with E-state index in [4.69, 9.17) is 0 Å². The zero-order valence-corrected chi connectivity index (χ0v) is 12.9. The Kier molecular flexibility index (Phi) is 4.26. The maximum Gasteiger partial charge on any atom is 0.344 e. The molecule has 6 heteroatoms. The minimum atomic E-state index is -1.25. The lowest BCUT2D eigenvalue weighted by atomic mass is 10.1. The van der Waals surface area contributed by atoms with Crippen molar-refractivity contribution in [1.29, 1.82) is 0 Å². The number of nitrogens with zero attached hydrogens (tertiary/aromatic N) is 3. The standard InChI is InChI=1S/C15H19N3O2S/c1-21(20)15-16-10-11-8-9-13(19)18(14(11)17-15)12-6-4-2-3-5-7-12/h8-10,12H,2-7H2,1H3. The Balaban J connectivity index is 2.16. The van der Waals surface area contributed by atoms with Crippen molar-refractivity contribution in [2.45, 2.75) is 49.7 Å². The molecule has 0 aromatic carbocycles. The van der Waals surface area contributed by atoms with Crippen LogP contribution in [0.5, 0.6) is 0 Å². The first-order valence-electron chi connectivity index (χ1n) is 7.38. The molecule has 1 aliphatic carbocycles. The molecule has 2 aromatic heterocycles. The Hall–Kier alpha value is -1.40.